The molecule has 0 saturated carbocycles. The van der Waals surface area contributed by atoms with Crippen LogP contribution in [0.15, 0.2) is 24.3 Å². The third kappa shape index (κ3) is 3.72. The van der Waals surface area contributed by atoms with Gasteiger partial charge in [0, 0.05) is 24.3 Å². The van der Waals surface area contributed by atoms with E-state index >= 15 is 0 Å². The zero-order valence-corrected chi connectivity index (χ0v) is 12.3. The van der Waals surface area contributed by atoms with E-state index in [4.69, 9.17) is 9.84 Å². The highest BCUT2D eigenvalue weighted by Crippen LogP contribution is 2.17. The Hall–Kier alpha value is -2.08. The first-order valence-corrected chi connectivity index (χ1v) is 6.89. The molecule has 0 aliphatic carbocycles. The SMILES string of the molecule is CC(C)(NC(=O)c1ccc(N2CCOCC2)cc1)C(=O)O. The molecule has 1 amide bonds. The third-order valence-corrected chi connectivity index (χ3v) is 3.47. The molecule has 6 nitrogen and oxygen atoms in total. The molecule has 1 saturated heterocycles. The molecular weight excluding hydrogens is 272 g/mol. The molecule has 1 heterocycles. The summed E-state index contributed by atoms with van der Waals surface area (Å²) >= 11 is 0. The number of hydrogen-bond donors (Lipinski definition) is 2. The Balaban J connectivity index is 2.04. The molecule has 0 bridgehead atoms. The smallest absolute Gasteiger partial charge is 0.328 e. The van der Waals surface area contributed by atoms with Gasteiger partial charge in [0.05, 0.1) is 13.2 Å². The Morgan fingerprint density at radius 1 is 1.19 bits per heavy atom. The van der Waals surface area contributed by atoms with Crippen molar-refractivity contribution in [2.45, 2.75) is 19.4 Å². The second-order valence-electron chi connectivity index (χ2n) is 5.53. The number of benzene rings is 1. The van der Waals surface area contributed by atoms with Gasteiger partial charge in [0.15, 0.2) is 0 Å². The molecular formula is C15H20N2O4. The average Bonchev–Trinajstić information content (AvgIpc) is 2.48. The number of rotatable bonds is 4. The Labute approximate surface area is 123 Å². The van der Waals surface area contributed by atoms with E-state index in [0.29, 0.717) is 18.8 Å². The fraction of sp³-hybridized carbons (Fsp3) is 0.467. The Morgan fingerprint density at radius 3 is 2.29 bits per heavy atom. The first-order valence-electron chi connectivity index (χ1n) is 6.89. The van der Waals surface area contributed by atoms with Gasteiger partial charge in [0.1, 0.15) is 5.54 Å². The molecule has 1 aromatic rings. The number of aliphatic carboxylic acids is 1. The molecule has 0 spiro atoms. The molecule has 1 aliphatic rings. The fourth-order valence-corrected chi connectivity index (χ4v) is 2.05. The minimum Gasteiger partial charge on any atom is -0.480 e. The van der Waals surface area contributed by atoms with E-state index in [2.05, 4.69) is 10.2 Å². The maximum Gasteiger partial charge on any atom is 0.328 e. The summed E-state index contributed by atoms with van der Waals surface area (Å²) in [7, 11) is 0. The minimum atomic E-state index is -1.29. The highest BCUT2D eigenvalue weighted by Gasteiger charge is 2.29. The van der Waals surface area contributed by atoms with E-state index in [1.54, 1.807) is 12.1 Å². The summed E-state index contributed by atoms with van der Waals surface area (Å²) < 4.78 is 5.30. The first-order chi connectivity index (χ1) is 9.90. The number of hydrogen-bond acceptors (Lipinski definition) is 4. The van der Waals surface area contributed by atoms with Gasteiger partial charge in [-0.05, 0) is 38.1 Å². The zero-order valence-electron chi connectivity index (χ0n) is 12.3. The average molecular weight is 292 g/mol. The fourth-order valence-electron chi connectivity index (χ4n) is 2.05. The van der Waals surface area contributed by atoms with Crippen LogP contribution in [0.1, 0.15) is 24.2 Å². The van der Waals surface area contributed by atoms with Crippen molar-refractivity contribution in [1.82, 2.24) is 5.32 Å². The second kappa shape index (κ2) is 6.13. The van der Waals surface area contributed by atoms with Crippen molar-refractivity contribution in [1.29, 1.82) is 0 Å². The van der Waals surface area contributed by atoms with Crippen LogP contribution in [0.3, 0.4) is 0 Å². The van der Waals surface area contributed by atoms with Crippen molar-refractivity contribution in [3.8, 4) is 0 Å². The van der Waals surface area contributed by atoms with Gasteiger partial charge in [-0.1, -0.05) is 0 Å². The highest BCUT2D eigenvalue weighted by molar-refractivity contribution is 5.97. The number of nitrogens with zero attached hydrogens (tertiary/aromatic N) is 1. The van der Waals surface area contributed by atoms with Crippen molar-refractivity contribution >= 4 is 17.6 Å². The summed E-state index contributed by atoms with van der Waals surface area (Å²) in [4.78, 5) is 25.2. The van der Waals surface area contributed by atoms with Crippen molar-refractivity contribution in [2.24, 2.45) is 0 Å². The molecule has 2 rings (SSSR count). The number of carboxylic acid groups (broad SMARTS) is 1. The topological polar surface area (TPSA) is 78.9 Å². The maximum absolute atomic E-state index is 12.0. The quantitative estimate of drug-likeness (QED) is 0.869. The van der Waals surface area contributed by atoms with Crippen LogP contribution < -0.4 is 10.2 Å². The number of ether oxygens (including phenoxy) is 1. The van der Waals surface area contributed by atoms with E-state index < -0.39 is 17.4 Å². The molecule has 1 fully saturated rings. The van der Waals surface area contributed by atoms with Gasteiger partial charge in [0.2, 0.25) is 0 Å². The van der Waals surface area contributed by atoms with E-state index in [-0.39, 0.29) is 0 Å². The minimum absolute atomic E-state index is 0.393. The van der Waals surface area contributed by atoms with Crippen LogP contribution in [0, 0.1) is 0 Å². The van der Waals surface area contributed by atoms with E-state index in [0.717, 1.165) is 18.8 Å². The lowest BCUT2D eigenvalue weighted by Gasteiger charge is -2.29. The van der Waals surface area contributed by atoms with Crippen LogP contribution in [-0.4, -0.2) is 48.8 Å². The molecule has 114 valence electrons. The summed E-state index contributed by atoms with van der Waals surface area (Å²) in [5.41, 5.74) is 0.189. The highest BCUT2D eigenvalue weighted by atomic mass is 16.5. The second-order valence-corrected chi connectivity index (χ2v) is 5.53. The molecule has 6 heteroatoms. The van der Waals surface area contributed by atoms with Gasteiger partial charge in [-0.2, -0.15) is 0 Å². The Kier molecular flexibility index (Phi) is 4.47. The predicted octanol–water partition coefficient (Wildman–Crippen LogP) is 1.12. The van der Waals surface area contributed by atoms with Gasteiger partial charge < -0.3 is 20.1 Å². The summed E-state index contributed by atoms with van der Waals surface area (Å²) in [5.74, 6) is -1.46. The van der Waals surface area contributed by atoms with Crippen LogP contribution in [0.2, 0.25) is 0 Å². The number of carbonyl (C=O) groups is 2. The van der Waals surface area contributed by atoms with Crippen LogP contribution in [0.4, 0.5) is 5.69 Å². The van der Waals surface area contributed by atoms with Gasteiger partial charge >= 0.3 is 5.97 Å². The largest absolute Gasteiger partial charge is 0.480 e. The van der Waals surface area contributed by atoms with Crippen molar-refractivity contribution in [2.75, 3.05) is 31.2 Å². The van der Waals surface area contributed by atoms with Crippen LogP contribution in [0.25, 0.3) is 0 Å². The number of carbonyl (C=O) groups excluding carboxylic acids is 1. The van der Waals surface area contributed by atoms with Crippen LogP contribution >= 0.6 is 0 Å². The number of nitrogens with one attached hydrogen (secondary N) is 1. The molecule has 0 atom stereocenters. The molecule has 2 N–H and O–H groups in total. The van der Waals surface area contributed by atoms with E-state index in [1.165, 1.54) is 13.8 Å². The molecule has 0 aromatic heterocycles. The number of morpholine rings is 1. The first kappa shape index (κ1) is 15.3. The number of amides is 1. The Morgan fingerprint density at radius 2 is 1.76 bits per heavy atom. The molecule has 21 heavy (non-hydrogen) atoms. The standard InChI is InChI=1S/C15H20N2O4/c1-15(2,14(19)20)16-13(18)11-3-5-12(6-4-11)17-7-9-21-10-8-17/h3-6H,7-10H2,1-2H3,(H,16,18)(H,19,20). The lowest BCUT2D eigenvalue weighted by Crippen LogP contribution is -2.49. The van der Waals surface area contributed by atoms with Crippen molar-refractivity contribution in [3.05, 3.63) is 29.8 Å². The molecule has 0 radical (unpaired) electrons. The lowest BCUT2D eigenvalue weighted by atomic mass is 10.1. The van der Waals surface area contributed by atoms with Gasteiger partial charge in [-0.15, -0.1) is 0 Å². The summed E-state index contributed by atoms with van der Waals surface area (Å²) in [6, 6.07) is 7.15. The normalized spacial score (nSPS) is 15.6. The van der Waals surface area contributed by atoms with Gasteiger partial charge in [-0.25, -0.2) is 4.79 Å². The van der Waals surface area contributed by atoms with Crippen LogP contribution in [0.5, 0.6) is 0 Å². The number of carboxylic acids is 1. The Bertz CT molecular complexity index is 519. The molecule has 0 unspecified atom stereocenters. The zero-order chi connectivity index (χ0) is 15.5. The monoisotopic (exact) mass is 292 g/mol. The summed E-state index contributed by atoms with van der Waals surface area (Å²) in [5, 5.41) is 11.5. The summed E-state index contributed by atoms with van der Waals surface area (Å²) in [6.07, 6.45) is 0. The number of anilines is 1. The van der Waals surface area contributed by atoms with E-state index in [9.17, 15) is 9.59 Å². The third-order valence-electron chi connectivity index (χ3n) is 3.47. The molecule has 1 aromatic carbocycles. The lowest BCUT2D eigenvalue weighted by molar-refractivity contribution is -0.143. The van der Waals surface area contributed by atoms with Crippen LogP contribution in [-0.2, 0) is 9.53 Å². The van der Waals surface area contributed by atoms with Gasteiger partial charge in [0.25, 0.3) is 5.91 Å². The predicted molar refractivity (Wildman–Crippen MR) is 78.7 cm³/mol. The summed E-state index contributed by atoms with van der Waals surface area (Å²) in [6.45, 7) is 5.98. The van der Waals surface area contributed by atoms with Crippen molar-refractivity contribution < 1.29 is 19.4 Å². The van der Waals surface area contributed by atoms with E-state index in [1.807, 2.05) is 12.1 Å². The molecule has 1 aliphatic heterocycles. The van der Waals surface area contributed by atoms with Gasteiger partial charge in [-0.3, -0.25) is 4.79 Å². The maximum atomic E-state index is 12.0. The van der Waals surface area contributed by atoms with Crippen molar-refractivity contribution in [3.63, 3.8) is 0 Å².